The maximum Gasteiger partial charge on any atom is 0.404 e. The Balaban J connectivity index is 1.65. The van der Waals surface area contributed by atoms with Crippen molar-refractivity contribution in [3.05, 3.63) is 69.1 Å². The van der Waals surface area contributed by atoms with E-state index in [0.29, 0.717) is 11.1 Å². The second kappa shape index (κ2) is 11.0. The summed E-state index contributed by atoms with van der Waals surface area (Å²) in [6, 6.07) is 9.30. The van der Waals surface area contributed by atoms with E-state index in [1.165, 1.54) is 25.3 Å². The molecule has 1 aliphatic heterocycles. The summed E-state index contributed by atoms with van der Waals surface area (Å²) in [6.45, 7) is 4.90. The van der Waals surface area contributed by atoms with E-state index in [1.54, 1.807) is 39.0 Å². The van der Waals surface area contributed by atoms with Crippen LogP contribution in [0.15, 0.2) is 45.6 Å². The molecule has 4 atom stereocenters. The maximum absolute atomic E-state index is 12.9. The number of aryl methyl sites for hydroxylation is 1. The van der Waals surface area contributed by atoms with Gasteiger partial charge in [-0.3, -0.25) is 4.79 Å². The second-order valence-corrected chi connectivity index (χ2v) is 9.86. The molecule has 0 aliphatic carbocycles. The van der Waals surface area contributed by atoms with Gasteiger partial charge < -0.3 is 39.3 Å². The first kappa shape index (κ1) is 28.6. The molecule has 2 aromatic carbocycles. The Morgan fingerprint density at radius 1 is 1.23 bits per heavy atom. The minimum Gasteiger partial charge on any atom is -0.507 e. The summed E-state index contributed by atoms with van der Waals surface area (Å²) in [5.41, 5.74) is 4.11. The summed E-state index contributed by atoms with van der Waals surface area (Å²) in [5.74, 6) is 1.76. The number of primary amides is 1. The van der Waals surface area contributed by atoms with Gasteiger partial charge in [0.05, 0.1) is 16.6 Å². The number of methoxy groups -OCH3 is 1. The normalized spacial score (nSPS) is 21.9. The van der Waals surface area contributed by atoms with Crippen LogP contribution in [0, 0.1) is 19.3 Å². The zero-order chi connectivity index (χ0) is 29.4. The van der Waals surface area contributed by atoms with Gasteiger partial charge in [0.15, 0.2) is 18.0 Å². The lowest BCUT2D eigenvalue weighted by atomic mass is 9.89. The highest BCUT2D eigenvalue weighted by Gasteiger charge is 2.53. The van der Waals surface area contributed by atoms with E-state index >= 15 is 0 Å². The Kier molecular flexibility index (Phi) is 7.88. The summed E-state index contributed by atoms with van der Waals surface area (Å²) in [7, 11) is 1.37. The minimum absolute atomic E-state index is 0.00907. The summed E-state index contributed by atoms with van der Waals surface area (Å²) < 4.78 is 27.8. The van der Waals surface area contributed by atoms with Gasteiger partial charge in [0.25, 0.3) is 0 Å². The Morgan fingerprint density at radius 2 is 1.95 bits per heavy atom. The Hall–Kier alpha value is -4.37. The SMILES string of the molecule is C#Cc1cccc(C(=O)Cc2c(O)c3ccc(O[C@@H]4OC(C)(C)[C@H](OC)[C@@H](OC(N)=O)[C@H]4O)c(C)c3oc2=O)c1. The Bertz CT molecular complexity index is 1570. The molecule has 210 valence electrons. The molecule has 40 heavy (non-hydrogen) atoms. The number of aliphatic hydroxyl groups excluding tert-OH is 1. The number of hydrogen-bond donors (Lipinski definition) is 3. The van der Waals surface area contributed by atoms with E-state index in [4.69, 9.17) is 35.5 Å². The van der Waals surface area contributed by atoms with Gasteiger partial charge >= 0.3 is 11.7 Å². The van der Waals surface area contributed by atoms with E-state index in [2.05, 4.69) is 5.92 Å². The predicted molar refractivity (Wildman–Crippen MR) is 142 cm³/mol. The van der Waals surface area contributed by atoms with Gasteiger partial charge in [0, 0.05) is 30.2 Å². The van der Waals surface area contributed by atoms with Crippen molar-refractivity contribution in [2.75, 3.05) is 7.11 Å². The smallest absolute Gasteiger partial charge is 0.404 e. The summed E-state index contributed by atoms with van der Waals surface area (Å²) in [4.78, 5) is 37.2. The molecule has 0 saturated carbocycles. The highest BCUT2D eigenvalue weighted by molar-refractivity contribution is 5.99. The van der Waals surface area contributed by atoms with Crippen LogP contribution in [0.4, 0.5) is 4.79 Å². The highest BCUT2D eigenvalue weighted by atomic mass is 16.7. The van der Waals surface area contributed by atoms with Gasteiger partial charge in [-0.25, -0.2) is 9.59 Å². The fraction of sp³-hybridized carbons (Fsp3) is 0.345. The summed E-state index contributed by atoms with van der Waals surface area (Å²) in [6.07, 6.45) is -1.03. The van der Waals surface area contributed by atoms with Gasteiger partial charge in [0.1, 0.15) is 23.2 Å². The lowest BCUT2D eigenvalue weighted by molar-refractivity contribution is -0.304. The van der Waals surface area contributed by atoms with E-state index in [1.807, 2.05) is 0 Å². The topological polar surface area (TPSA) is 168 Å². The van der Waals surface area contributed by atoms with Crippen LogP contribution in [-0.4, -0.2) is 59.4 Å². The fourth-order valence-corrected chi connectivity index (χ4v) is 4.80. The zero-order valence-corrected chi connectivity index (χ0v) is 22.3. The number of terminal acetylenes is 1. The summed E-state index contributed by atoms with van der Waals surface area (Å²) >= 11 is 0. The number of Topliss-reactive ketones (excluding diaryl/α,β-unsaturated/α-hetero) is 1. The molecule has 1 aromatic heterocycles. The third-order valence-electron chi connectivity index (χ3n) is 6.80. The monoisotopic (exact) mass is 551 g/mol. The summed E-state index contributed by atoms with van der Waals surface area (Å²) in [5, 5.41) is 22.0. The lowest BCUT2D eigenvalue weighted by Gasteiger charge is -2.47. The molecule has 0 bridgehead atoms. The molecule has 1 amide bonds. The van der Waals surface area contributed by atoms with E-state index < -0.39 is 59.9 Å². The predicted octanol–water partition coefficient (Wildman–Crippen LogP) is 2.57. The first-order valence-electron chi connectivity index (χ1n) is 12.3. The quantitative estimate of drug-likeness (QED) is 0.225. The van der Waals surface area contributed by atoms with E-state index in [0.717, 1.165) is 0 Å². The third kappa shape index (κ3) is 5.37. The molecule has 1 aliphatic rings. The number of aromatic hydroxyl groups is 1. The number of carbonyl (C=O) groups is 2. The molecular formula is C29H29NO10. The molecule has 11 heteroatoms. The number of ketones is 1. The lowest BCUT2D eigenvalue weighted by Crippen LogP contribution is -2.65. The largest absolute Gasteiger partial charge is 0.507 e. The first-order valence-corrected chi connectivity index (χ1v) is 12.3. The molecule has 0 spiro atoms. The number of nitrogens with two attached hydrogens (primary N) is 1. The highest BCUT2D eigenvalue weighted by Crippen LogP contribution is 2.37. The van der Waals surface area contributed by atoms with Crippen molar-refractivity contribution in [1.82, 2.24) is 0 Å². The van der Waals surface area contributed by atoms with Gasteiger partial charge in [0.2, 0.25) is 6.29 Å². The van der Waals surface area contributed by atoms with Gasteiger partial charge in [-0.15, -0.1) is 6.42 Å². The van der Waals surface area contributed by atoms with Crippen molar-refractivity contribution in [1.29, 1.82) is 0 Å². The van der Waals surface area contributed by atoms with Crippen LogP contribution in [-0.2, 0) is 20.6 Å². The molecule has 3 aromatic rings. The molecule has 0 radical (unpaired) electrons. The molecule has 2 heterocycles. The fourth-order valence-electron chi connectivity index (χ4n) is 4.80. The number of carbonyl (C=O) groups excluding carboxylic acids is 2. The van der Waals surface area contributed by atoms with Crippen molar-refractivity contribution in [2.24, 2.45) is 5.73 Å². The first-order chi connectivity index (χ1) is 18.9. The molecular weight excluding hydrogens is 522 g/mol. The number of fused-ring (bicyclic) bond motifs is 1. The van der Waals surface area contributed by atoms with Crippen molar-refractivity contribution >= 4 is 22.8 Å². The Morgan fingerprint density at radius 3 is 2.60 bits per heavy atom. The van der Waals surface area contributed by atoms with Crippen LogP contribution in [0.25, 0.3) is 11.0 Å². The second-order valence-electron chi connectivity index (χ2n) is 9.86. The molecule has 1 saturated heterocycles. The number of hydrogen-bond acceptors (Lipinski definition) is 10. The van der Waals surface area contributed by atoms with E-state index in [9.17, 15) is 24.6 Å². The van der Waals surface area contributed by atoms with Crippen molar-refractivity contribution in [3.8, 4) is 23.8 Å². The number of aliphatic hydroxyl groups is 1. The van der Waals surface area contributed by atoms with Crippen LogP contribution in [0.3, 0.4) is 0 Å². The standard InChI is InChI=1S/C29H29NO10/c1-6-15-8-7-9-16(12-15)19(31)13-18-21(32)17-10-11-20(14(2)23(17)38-26(18)34)37-27-22(33)24(39-28(30)35)25(36-5)29(3,4)40-27/h1,7-12,22,24-25,27,32-33H,13H2,2-5H3,(H2,30,35)/t22-,24+,25-,27-/m1/s1. The van der Waals surface area contributed by atoms with Gasteiger partial charge in [-0.2, -0.15) is 0 Å². The number of rotatable bonds is 7. The van der Waals surface area contributed by atoms with Crippen LogP contribution in [0.5, 0.6) is 11.5 Å². The van der Waals surface area contributed by atoms with Crippen molar-refractivity contribution in [3.63, 3.8) is 0 Å². The van der Waals surface area contributed by atoms with Crippen molar-refractivity contribution < 1.29 is 43.2 Å². The minimum atomic E-state index is -1.50. The number of amides is 1. The molecule has 1 fully saturated rings. The van der Waals surface area contributed by atoms with Crippen LogP contribution >= 0.6 is 0 Å². The number of benzene rings is 2. The van der Waals surface area contributed by atoms with Crippen LogP contribution in [0.2, 0.25) is 0 Å². The molecule has 11 nitrogen and oxygen atoms in total. The van der Waals surface area contributed by atoms with Gasteiger partial charge in [-0.05, 0) is 45.0 Å². The van der Waals surface area contributed by atoms with Crippen LogP contribution < -0.4 is 16.1 Å². The van der Waals surface area contributed by atoms with Gasteiger partial charge in [-0.1, -0.05) is 18.1 Å². The number of ether oxygens (including phenoxy) is 4. The maximum atomic E-state index is 12.9. The molecule has 4 N–H and O–H groups in total. The van der Waals surface area contributed by atoms with Crippen LogP contribution in [0.1, 0.15) is 40.9 Å². The zero-order valence-electron chi connectivity index (χ0n) is 22.3. The van der Waals surface area contributed by atoms with E-state index in [-0.39, 0.29) is 27.8 Å². The third-order valence-corrected chi connectivity index (χ3v) is 6.80. The molecule has 0 unspecified atom stereocenters. The molecule has 4 rings (SSSR count). The van der Waals surface area contributed by atoms with Crippen molar-refractivity contribution in [2.45, 2.75) is 57.4 Å². The average Bonchev–Trinajstić information content (AvgIpc) is 2.90. The average molecular weight is 552 g/mol. The Labute approximate surface area is 229 Å².